The van der Waals surface area contributed by atoms with Gasteiger partial charge in [0.1, 0.15) is 5.75 Å². The molecule has 2 rings (SSSR count). The van der Waals surface area contributed by atoms with Gasteiger partial charge in [0.25, 0.3) is 0 Å². The van der Waals surface area contributed by atoms with E-state index in [2.05, 4.69) is 0 Å². The SMILES string of the molecule is COc1ccc(C=CC(=O)OCC(=O)c2cccs2)cc1. The van der Waals surface area contributed by atoms with E-state index >= 15 is 0 Å². The lowest BCUT2D eigenvalue weighted by Crippen LogP contribution is -2.11. The minimum absolute atomic E-state index is 0.198. The van der Waals surface area contributed by atoms with Crippen LogP contribution in [0.5, 0.6) is 5.75 Å². The van der Waals surface area contributed by atoms with E-state index in [1.54, 1.807) is 42.8 Å². The molecule has 0 saturated carbocycles. The first kappa shape index (κ1) is 15.0. The molecule has 2 aromatic rings. The number of carbonyl (C=O) groups is 2. The molecule has 1 aromatic heterocycles. The first-order chi connectivity index (χ1) is 10.2. The topological polar surface area (TPSA) is 52.6 Å². The fourth-order valence-corrected chi connectivity index (χ4v) is 2.22. The fraction of sp³-hybridized carbons (Fsp3) is 0.125. The van der Waals surface area contributed by atoms with Crippen LogP contribution in [0.15, 0.2) is 47.9 Å². The maximum Gasteiger partial charge on any atom is 0.331 e. The number of carbonyl (C=O) groups excluding carboxylic acids is 2. The summed E-state index contributed by atoms with van der Waals surface area (Å²) >= 11 is 1.33. The minimum Gasteiger partial charge on any atom is -0.497 e. The number of thiophene rings is 1. The highest BCUT2D eigenvalue weighted by Crippen LogP contribution is 2.12. The largest absolute Gasteiger partial charge is 0.497 e. The summed E-state index contributed by atoms with van der Waals surface area (Å²) < 4.78 is 9.94. The molecule has 0 bridgehead atoms. The van der Waals surface area contributed by atoms with Crippen LogP contribution in [0.4, 0.5) is 0 Å². The van der Waals surface area contributed by atoms with Crippen LogP contribution < -0.4 is 4.74 Å². The Hall–Kier alpha value is -2.40. The van der Waals surface area contributed by atoms with Crippen molar-refractivity contribution in [3.63, 3.8) is 0 Å². The van der Waals surface area contributed by atoms with Crippen molar-refractivity contribution in [3.8, 4) is 5.75 Å². The Morgan fingerprint density at radius 1 is 1.19 bits per heavy atom. The maximum atomic E-state index is 11.7. The number of esters is 1. The molecular weight excluding hydrogens is 288 g/mol. The van der Waals surface area contributed by atoms with Crippen LogP contribution >= 0.6 is 11.3 Å². The lowest BCUT2D eigenvalue weighted by Gasteiger charge is -2.00. The average Bonchev–Trinajstić information content (AvgIpc) is 3.05. The van der Waals surface area contributed by atoms with Gasteiger partial charge in [0.2, 0.25) is 5.78 Å². The number of rotatable bonds is 6. The zero-order chi connectivity index (χ0) is 15.1. The molecule has 0 aliphatic heterocycles. The third-order valence-corrected chi connectivity index (χ3v) is 3.58. The Labute approximate surface area is 126 Å². The van der Waals surface area contributed by atoms with Crippen LogP contribution in [0, 0.1) is 0 Å². The van der Waals surface area contributed by atoms with Crippen molar-refractivity contribution in [1.82, 2.24) is 0 Å². The number of ketones is 1. The van der Waals surface area contributed by atoms with Gasteiger partial charge in [0, 0.05) is 6.08 Å². The highest BCUT2D eigenvalue weighted by atomic mass is 32.1. The molecular formula is C16H14O4S. The highest BCUT2D eigenvalue weighted by molar-refractivity contribution is 7.12. The monoisotopic (exact) mass is 302 g/mol. The van der Waals surface area contributed by atoms with E-state index in [0.29, 0.717) is 4.88 Å². The zero-order valence-corrected chi connectivity index (χ0v) is 12.3. The third-order valence-electron chi connectivity index (χ3n) is 2.67. The molecule has 0 aliphatic carbocycles. The van der Waals surface area contributed by atoms with Gasteiger partial charge in [-0.2, -0.15) is 0 Å². The maximum absolute atomic E-state index is 11.7. The molecule has 0 amide bonds. The summed E-state index contributed by atoms with van der Waals surface area (Å²) in [5.74, 6) is 0.00296. The van der Waals surface area contributed by atoms with Gasteiger partial charge in [-0.3, -0.25) is 4.79 Å². The fourth-order valence-electron chi connectivity index (χ4n) is 1.57. The number of hydrogen-bond donors (Lipinski definition) is 0. The van der Waals surface area contributed by atoms with Gasteiger partial charge < -0.3 is 9.47 Å². The van der Waals surface area contributed by atoms with E-state index in [1.807, 2.05) is 12.1 Å². The van der Waals surface area contributed by atoms with Crippen LogP contribution in [-0.2, 0) is 9.53 Å². The summed E-state index contributed by atoms with van der Waals surface area (Å²) in [6.45, 7) is -0.244. The van der Waals surface area contributed by atoms with Gasteiger partial charge in [-0.05, 0) is 35.2 Å². The van der Waals surface area contributed by atoms with Crippen molar-refractivity contribution in [1.29, 1.82) is 0 Å². The number of hydrogen-bond acceptors (Lipinski definition) is 5. The smallest absolute Gasteiger partial charge is 0.331 e. The first-order valence-electron chi connectivity index (χ1n) is 6.24. The molecule has 0 unspecified atom stereocenters. The molecule has 108 valence electrons. The summed E-state index contributed by atoms with van der Waals surface area (Å²) in [4.78, 5) is 23.8. The van der Waals surface area contributed by atoms with Gasteiger partial charge in [-0.25, -0.2) is 4.79 Å². The van der Waals surface area contributed by atoms with Gasteiger partial charge >= 0.3 is 5.97 Å². The number of benzene rings is 1. The summed E-state index contributed by atoms with van der Waals surface area (Å²) in [6.07, 6.45) is 2.92. The van der Waals surface area contributed by atoms with E-state index < -0.39 is 5.97 Å². The second kappa shape index (κ2) is 7.40. The average molecular weight is 302 g/mol. The van der Waals surface area contributed by atoms with Gasteiger partial charge in [-0.15, -0.1) is 11.3 Å². The molecule has 0 spiro atoms. The zero-order valence-electron chi connectivity index (χ0n) is 11.4. The first-order valence-corrected chi connectivity index (χ1v) is 7.12. The third kappa shape index (κ3) is 4.57. The molecule has 0 saturated heterocycles. The summed E-state index contributed by atoms with van der Waals surface area (Å²) in [6, 6.07) is 10.7. The molecule has 0 aliphatic rings. The predicted octanol–water partition coefficient (Wildman–Crippen LogP) is 3.20. The molecule has 0 N–H and O–H groups in total. The highest BCUT2D eigenvalue weighted by Gasteiger charge is 2.08. The second-order valence-corrected chi connectivity index (χ2v) is 5.06. The van der Waals surface area contributed by atoms with Crippen LogP contribution in [0.1, 0.15) is 15.2 Å². The molecule has 1 heterocycles. The summed E-state index contributed by atoms with van der Waals surface area (Å²) in [5.41, 5.74) is 0.845. The Bertz CT molecular complexity index is 627. The van der Waals surface area contributed by atoms with Crippen molar-refractivity contribution >= 4 is 29.2 Å². The standard InChI is InChI=1S/C16H14O4S/c1-19-13-7-4-12(5-8-13)6-9-16(18)20-11-14(17)15-3-2-10-21-15/h2-10H,11H2,1H3. The Balaban J connectivity index is 1.83. The van der Waals surface area contributed by atoms with Crippen LogP contribution in [0.3, 0.4) is 0 Å². The van der Waals surface area contributed by atoms with Crippen molar-refractivity contribution in [3.05, 3.63) is 58.3 Å². The number of methoxy groups -OCH3 is 1. The van der Waals surface area contributed by atoms with Crippen molar-refractivity contribution in [2.24, 2.45) is 0 Å². The van der Waals surface area contributed by atoms with Crippen molar-refractivity contribution in [2.45, 2.75) is 0 Å². The molecule has 4 nitrogen and oxygen atoms in total. The predicted molar refractivity (Wildman–Crippen MR) is 81.6 cm³/mol. The van der Waals surface area contributed by atoms with Crippen molar-refractivity contribution in [2.75, 3.05) is 13.7 Å². The summed E-state index contributed by atoms with van der Waals surface area (Å²) in [5, 5.41) is 1.80. The Morgan fingerprint density at radius 3 is 2.57 bits per heavy atom. The van der Waals surface area contributed by atoms with Crippen molar-refractivity contribution < 1.29 is 19.1 Å². The molecule has 1 aromatic carbocycles. The molecule has 5 heteroatoms. The van der Waals surface area contributed by atoms with Crippen LogP contribution in [0.25, 0.3) is 6.08 Å². The van der Waals surface area contributed by atoms with Gasteiger partial charge in [0.05, 0.1) is 12.0 Å². The normalized spacial score (nSPS) is 10.5. The minimum atomic E-state index is -0.546. The number of Topliss-reactive ketones (excluding diaryl/α,β-unsaturated/α-hetero) is 1. The van der Waals surface area contributed by atoms with Crippen LogP contribution in [0.2, 0.25) is 0 Å². The van der Waals surface area contributed by atoms with Crippen LogP contribution in [-0.4, -0.2) is 25.5 Å². The van der Waals surface area contributed by atoms with Gasteiger partial charge in [-0.1, -0.05) is 18.2 Å². The van der Waals surface area contributed by atoms with Gasteiger partial charge in [0.15, 0.2) is 6.61 Å². The lowest BCUT2D eigenvalue weighted by atomic mass is 10.2. The molecule has 0 fully saturated rings. The molecule has 0 atom stereocenters. The number of ether oxygens (including phenoxy) is 2. The quantitative estimate of drug-likeness (QED) is 0.467. The second-order valence-electron chi connectivity index (χ2n) is 4.11. The van der Waals surface area contributed by atoms with E-state index in [9.17, 15) is 9.59 Å². The molecule has 0 radical (unpaired) electrons. The Morgan fingerprint density at radius 2 is 1.95 bits per heavy atom. The molecule has 21 heavy (non-hydrogen) atoms. The van der Waals surface area contributed by atoms with E-state index in [-0.39, 0.29) is 12.4 Å². The lowest BCUT2D eigenvalue weighted by molar-refractivity contribution is -0.136. The van der Waals surface area contributed by atoms with E-state index in [1.165, 1.54) is 17.4 Å². The van der Waals surface area contributed by atoms with E-state index in [4.69, 9.17) is 9.47 Å². The summed E-state index contributed by atoms with van der Waals surface area (Å²) in [7, 11) is 1.59. The Kier molecular flexibility index (Phi) is 5.29. The van der Waals surface area contributed by atoms with E-state index in [0.717, 1.165) is 11.3 Å².